The Balaban J connectivity index is 1.45. The lowest BCUT2D eigenvalue weighted by Crippen LogP contribution is -2.17. The van der Waals surface area contributed by atoms with Gasteiger partial charge in [-0.3, -0.25) is 9.48 Å². The maximum absolute atomic E-state index is 12.6. The van der Waals surface area contributed by atoms with Crippen LogP contribution >= 0.6 is 0 Å². The Morgan fingerprint density at radius 3 is 2.96 bits per heavy atom. The minimum atomic E-state index is -0.237. The quantitative estimate of drug-likeness (QED) is 0.780. The second-order valence-electron chi connectivity index (χ2n) is 7.15. The number of carbonyl (C=O) groups excluding carboxylic acids is 1. The van der Waals surface area contributed by atoms with Gasteiger partial charge in [-0.25, -0.2) is 0 Å². The first kappa shape index (κ1) is 16.6. The van der Waals surface area contributed by atoms with Crippen LogP contribution in [0.4, 0.5) is 5.69 Å². The van der Waals surface area contributed by atoms with Crippen LogP contribution in [0, 0.1) is 12.8 Å². The molecule has 1 amide bonds. The first-order chi connectivity index (χ1) is 12.6. The maximum Gasteiger partial charge on any atom is 0.278 e. The van der Waals surface area contributed by atoms with E-state index in [4.69, 9.17) is 4.52 Å². The third-order valence-corrected chi connectivity index (χ3v) is 4.86. The summed E-state index contributed by atoms with van der Waals surface area (Å²) in [6.45, 7) is 4.91. The number of fused-ring (bicyclic) bond motifs is 1. The van der Waals surface area contributed by atoms with Crippen molar-refractivity contribution in [3.8, 4) is 0 Å². The minimum absolute atomic E-state index is 0.237. The summed E-state index contributed by atoms with van der Waals surface area (Å²) in [6, 6.07) is 8.32. The van der Waals surface area contributed by atoms with Crippen molar-refractivity contribution in [3.05, 3.63) is 64.8 Å². The summed E-state index contributed by atoms with van der Waals surface area (Å²) in [5.74, 6) is 1.16. The van der Waals surface area contributed by atoms with Crippen molar-refractivity contribution in [2.75, 3.05) is 5.32 Å². The molecule has 6 nitrogen and oxygen atoms in total. The molecule has 2 aromatic heterocycles. The molecule has 1 aliphatic carbocycles. The van der Waals surface area contributed by atoms with Gasteiger partial charge in [0.05, 0.1) is 18.4 Å². The van der Waals surface area contributed by atoms with Crippen LogP contribution in [-0.2, 0) is 19.4 Å². The molecule has 0 fully saturated rings. The molecule has 4 rings (SSSR count). The van der Waals surface area contributed by atoms with Crippen LogP contribution in [0.15, 0.2) is 41.2 Å². The van der Waals surface area contributed by atoms with Crippen LogP contribution < -0.4 is 5.32 Å². The van der Waals surface area contributed by atoms with Gasteiger partial charge in [-0.05, 0) is 31.2 Å². The Bertz CT molecular complexity index is 924. The number of carbonyl (C=O) groups is 1. The van der Waals surface area contributed by atoms with E-state index in [1.807, 2.05) is 6.20 Å². The number of anilines is 1. The lowest BCUT2D eigenvalue weighted by atomic mass is 9.88. The van der Waals surface area contributed by atoms with E-state index >= 15 is 0 Å². The molecule has 1 unspecified atom stereocenters. The second kappa shape index (κ2) is 6.78. The SMILES string of the molecule is Cc1ccc(Cn2cc(NC(=O)c3noc4c3CC(C)CC4)cn2)cc1. The molecule has 1 N–H and O–H groups in total. The minimum Gasteiger partial charge on any atom is -0.360 e. The van der Waals surface area contributed by atoms with E-state index < -0.39 is 0 Å². The Morgan fingerprint density at radius 1 is 1.35 bits per heavy atom. The van der Waals surface area contributed by atoms with Crippen LogP contribution in [0.3, 0.4) is 0 Å². The summed E-state index contributed by atoms with van der Waals surface area (Å²) in [7, 11) is 0. The molecule has 0 saturated heterocycles. The van der Waals surface area contributed by atoms with Gasteiger partial charge in [-0.15, -0.1) is 0 Å². The second-order valence-corrected chi connectivity index (χ2v) is 7.15. The molecule has 2 heterocycles. The summed E-state index contributed by atoms with van der Waals surface area (Å²) in [4.78, 5) is 12.6. The highest BCUT2D eigenvalue weighted by Crippen LogP contribution is 2.28. The molecule has 0 bridgehead atoms. The molecule has 1 aliphatic rings. The van der Waals surface area contributed by atoms with Crippen molar-refractivity contribution in [1.29, 1.82) is 0 Å². The zero-order chi connectivity index (χ0) is 18.1. The predicted octanol–water partition coefficient (Wildman–Crippen LogP) is 3.60. The largest absolute Gasteiger partial charge is 0.360 e. The van der Waals surface area contributed by atoms with Crippen LogP contribution in [0.1, 0.15) is 46.3 Å². The van der Waals surface area contributed by atoms with E-state index in [0.717, 1.165) is 36.1 Å². The van der Waals surface area contributed by atoms with Crippen molar-refractivity contribution in [3.63, 3.8) is 0 Å². The summed E-state index contributed by atoms with van der Waals surface area (Å²) in [5, 5.41) is 11.2. The molecular weight excluding hydrogens is 328 g/mol. The zero-order valence-corrected chi connectivity index (χ0v) is 15.0. The van der Waals surface area contributed by atoms with E-state index in [9.17, 15) is 4.79 Å². The molecule has 0 saturated carbocycles. The molecule has 0 spiro atoms. The summed E-state index contributed by atoms with van der Waals surface area (Å²) >= 11 is 0. The predicted molar refractivity (Wildman–Crippen MR) is 98.2 cm³/mol. The third kappa shape index (κ3) is 3.40. The number of amides is 1. The van der Waals surface area contributed by atoms with Crippen LogP contribution in [0.2, 0.25) is 0 Å². The average Bonchev–Trinajstić information content (AvgIpc) is 3.23. The van der Waals surface area contributed by atoms with Gasteiger partial charge in [-0.1, -0.05) is 41.9 Å². The molecule has 26 heavy (non-hydrogen) atoms. The Kier molecular flexibility index (Phi) is 4.32. The molecule has 1 atom stereocenters. The lowest BCUT2D eigenvalue weighted by Gasteiger charge is -2.16. The lowest BCUT2D eigenvalue weighted by molar-refractivity contribution is 0.101. The van der Waals surface area contributed by atoms with Crippen LogP contribution in [0.25, 0.3) is 0 Å². The van der Waals surface area contributed by atoms with Crippen molar-refractivity contribution in [1.82, 2.24) is 14.9 Å². The molecule has 134 valence electrons. The Morgan fingerprint density at radius 2 is 2.15 bits per heavy atom. The smallest absolute Gasteiger partial charge is 0.278 e. The molecular formula is C20H22N4O2. The number of aromatic nitrogens is 3. The molecule has 1 aromatic carbocycles. The van der Waals surface area contributed by atoms with E-state index in [1.165, 1.54) is 5.56 Å². The Labute approximate surface area is 152 Å². The highest BCUT2D eigenvalue weighted by molar-refractivity contribution is 6.03. The molecule has 0 radical (unpaired) electrons. The van der Waals surface area contributed by atoms with Crippen molar-refractivity contribution < 1.29 is 9.32 Å². The zero-order valence-electron chi connectivity index (χ0n) is 15.0. The molecule has 0 aliphatic heterocycles. The van der Waals surface area contributed by atoms with Gasteiger partial charge < -0.3 is 9.84 Å². The maximum atomic E-state index is 12.6. The van der Waals surface area contributed by atoms with E-state index in [1.54, 1.807) is 10.9 Å². The van der Waals surface area contributed by atoms with Gasteiger partial charge in [-0.2, -0.15) is 5.10 Å². The Hall–Kier alpha value is -2.89. The van der Waals surface area contributed by atoms with Gasteiger partial charge in [0.25, 0.3) is 5.91 Å². The summed E-state index contributed by atoms with van der Waals surface area (Å²) in [6.07, 6.45) is 6.25. The summed E-state index contributed by atoms with van der Waals surface area (Å²) in [5.41, 5.74) is 4.40. The van der Waals surface area contributed by atoms with Gasteiger partial charge in [0.2, 0.25) is 0 Å². The van der Waals surface area contributed by atoms with E-state index in [-0.39, 0.29) is 5.91 Å². The number of benzene rings is 1. The van der Waals surface area contributed by atoms with Crippen molar-refractivity contribution in [2.24, 2.45) is 5.92 Å². The average molecular weight is 350 g/mol. The fourth-order valence-electron chi connectivity index (χ4n) is 3.34. The highest BCUT2D eigenvalue weighted by Gasteiger charge is 2.27. The fourth-order valence-corrected chi connectivity index (χ4v) is 3.34. The number of rotatable bonds is 4. The van der Waals surface area contributed by atoms with E-state index in [0.29, 0.717) is 23.8 Å². The first-order valence-electron chi connectivity index (χ1n) is 8.95. The fraction of sp³-hybridized carbons (Fsp3) is 0.350. The standard InChI is InChI=1S/C20H22N4O2/c1-13-3-6-15(7-4-13)11-24-12-16(10-21-24)22-20(25)19-17-9-14(2)5-8-18(17)26-23-19/h3-4,6-7,10,12,14H,5,8-9,11H2,1-2H3,(H,22,25). The number of hydrogen-bond acceptors (Lipinski definition) is 4. The monoisotopic (exact) mass is 350 g/mol. The van der Waals surface area contributed by atoms with Crippen LogP contribution in [-0.4, -0.2) is 20.8 Å². The first-order valence-corrected chi connectivity index (χ1v) is 8.95. The number of nitrogens with zero attached hydrogens (tertiary/aromatic N) is 3. The highest BCUT2D eigenvalue weighted by atomic mass is 16.5. The van der Waals surface area contributed by atoms with Gasteiger partial charge in [0.1, 0.15) is 5.76 Å². The normalized spacial score (nSPS) is 16.3. The third-order valence-electron chi connectivity index (χ3n) is 4.86. The van der Waals surface area contributed by atoms with E-state index in [2.05, 4.69) is 53.7 Å². The van der Waals surface area contributed by atoms with Crippen molar-refractivity contribution in [2.45, 2.75) is 39.7 Å². The number of nitrogens with one attached hydrogen (secondary N) is 1. The van der Waals surface area contributed by atoms with Gasteiger partial charge >= 0.3 is 0 Å². The van der Waals surface area contributed by atoms with Crippen LogP contribution in [0.5, 0.6) is 0 Å². The van der Waals surface area contributed by atoms with Gasteiger partial charge in [0.15, 0.2) is 5.69 Å². The molecule has 6 heteroatoms. The number of aryl methyl sites for hydroxylation is 2. The number of hydrogen-bond donors (Lipinski definition) is 1. The van der Waals surface area contributed by atoms with Crippen molar-refractivity contribution >= 4 is 11.6 Å². The molecule has 3 aromatic rings. The van der Waals surface area contributed by atoms with Gasteiger partial charge in [0, 0.05) is 18.2 Å². The summed E-state index contributed by atoms with van der Waals surface area (Å²) < 4.78 is 7.16. The topological polar surface area (TPSA) is 73.0 Å².